The largest absolute Gasteiger partial charge is 0.480 e. The maximum absolute atomic E-state index is 6.62. The quantitative estimate of drug-likeness (QED) is 0.325. The van der Waals surface area contributed by atoms with Gasteiger partial charge in [-0.05, 0) is 29.3 Å². The van der Waals surface area contributed by atoms with E-state index < -0.39 is 0 Å². The molecule has 142 valence electrons. The van der Waals surface area contributed by atoms with E-state index in [1.807, 2.05) is 24.3 Å². The number of hydrogen-bond donors (Lipinski definition) is 0. The lowest BCUT2D eigenvalue weighted by Crippen LogP contribution is -2.18. The Morgan fingerprint density at radius 2 is 1.30 bits per heavy atom. The Morgan fingerprint density at radius 1 is 0.633 bits per heavy atom. The second-order valence-electron chi connectivity index (χ2n) is 7.54. The number of hydrogen-bond acceptors (Lipinski definition) is 2. The van der Waals surface area contributed by atoms with Crippen molar-refractivity contribution in [3.05, 3.63) is 120 Å². The predicted octanol–water partition coefficient (Wildman–Crippen LogP) is 7.05. The summed E-state index contributed by atoms with van der Waals surface area (Å²) in [6.45, 7) is 0. The number of rotatable bonds is 2. The third-order valence-corrected chi connectivity index (χ3v) is 5.74. The van der Waals surface area contributed by atoms with Crippen molar-refractivity contribution in [2.75, 3.05) is 0 Å². The number of benzene rings is 4. The summed E-state index contributed by atoms with van der Waals surface area (Å²) in [6, 6.07) is 37.6. The fourth-order valence-electron chi connectivity index (χ4n) is 4.42. The highest BCUT2D eigenvalue weighted by Gasteiger charge is 2.32. The van der Waals surface area contributed by atoms with Crippen LogP contribution in [0.4, 0.5) is 0 Å². The molecule has 1 atom stereocenters. The Morgan fingerprint density at radius 3 is 2.13 bits per heavy atom. The summed E-state index contributed by atoms with van der Waals surface area (Å²) in [7, 11) is 0. The van der Waals surface area contributed by atoms with Gasteiger partial charge in [0.1, 0.15) is 5.75 Å². The van der Waals surface area contributed by atoms with Crippen molar-refractivity contribution in [3.63, 3.8) is 0 Å². The molecule has 1 aliphatic heterocycles. The van der Waals surface area contributed by atoms with E-state index in [9.17, 15) is 0 Å². The Bertz CT molecular complexity index is 1360. The highest BCUT2D eigenvalue weighted by atomic mass is 16.5. The lowest BCUT2D eigenvalue weighted by Gasteiger charge is -2.31. The molecule has 5 aromatic rings. The minimum atomic E-state index is -0.219. The average molecular weight is 385 g/mol. The first-order valence-electron chi connectivity index (χ1n) is 10.2. The molecule has 2 nitrogen and oxygen atoms in total. The molecule has 0 radical (unpaired) electrons. The van der Waals surface area contributed by atoms with E-state index in [2.05, 4.69) is 84.9 Å². The number of ether oxygens (including phenoxy) is 1. The average Bonchev–Trinajstić information content (AvgIpc) is 2.83. The van der Waals surface area contributed by atoms with E-state index >= 15 is 0 Å². The van der Waals surface area contributed by atoms with Gasteiger partial charge in [-0.15, -0.1) is 0 Å². The van der Waals surface area contributed by atoms with Gasteiger partial charge in [0.2, 0.25) is 0 Å². The molecule has 4 aromatic carbocycles. The molecule has 0 amide bonds. The van der Waals surface area contributed by atoms with Crippen LogP contribution in [0.15, 0.2) is 109 Å². The lowest BCUT2D eigenvalue weighted by atomic mass is 9.85. The first kappa shape index (κ1) is 17.0. The zero-order valence-electron chi connectivity index (χ0n) is 16.3. The molecule has 0 unspecified atom stereocenters. The fraction of sp³-hybridized carbons (Fsp3) is 0.0357. The topological polar surface area (TPSA) is 22.1 Å². The molecular formula is C28H19NO. The van der Waals surface area contributed by atoms with Crippen LogP contribution in [-0.2, 0) is 0 Å². The maximum atomic E-state index is 6.62. The highest BCUT2D eigenvalue weighted by molar-refractivity contribution is 6.00. The molecule has 6 rings (SSSR count). The third-order valence-electron chi connectivity index (χ3n) is 5.74. The van der Waals surface area contributed by atoms with Gasteiger partial charge in [0.05, 0.1) is 11.2 Å². The summed E-state index contributed by atoms with van der Waals surface area (Å²) >= 11 is 0. The van der Waals surface area contributed by atoms with Crippen LogP contribution in [0.1, 0.15) is 17.2 Å². The zero-order chi connectivity index (χ0) is 19.9. The van der Waals surface area contributed by atoms with Gasteiger partial charge in [-0.2, -0.15) is 0 Å². The van der Waals surface area contributed by atoms with E-state index in [4.69, 9.17) is 9.72 Å². The Kier molecular flexibility index (Phi) is 3.88. The van der Waals surface area contributed by atoms with Gasteiger partial charge < -0.3 is 4.74 Å². The van der Waals surface area contributed by atoms with Crippen molar-refractivity contribution in [1.82, 2.24) is 4.98 Å². The Labute approximate surface area is 175 Å². The van der Waals surface area contributed by atoms with E-state index in [0.29, 0.717) is 0 Å². The van der Waals surface area contributed by atoms with Crippen LogP contribution in [-0.4, -0.2) is 4.98 Å². The van der Waals surface area contributed by atoms with Crippen LogP contribution in [0.3, 0.4) is 0 Å². The normalized spacial score (nSPS) is 14.6. The minimum absolute atomic E-state index is 0.219. The summed E-state index contributed by atoms with van der Waals surface area (Å²) in [4.78, 5) is 5.14. The van der Waals surface area contributed by atoms with E-state index in [1.165, 1.54) is 11.1 Å². The predicted molar refractivity (Wildman–Crippen MR) is 122 cm³/mol. The van der Waals surface area contributed by atoms with Crippen LogP contribution >= 0.6 is 0 Å². The second-order valence-corrected chi connectivity index (χ2v) is 7.54. The molecule has 1 aromatic heterocycles. The summed E-state index contributed by atoms with van der Waals surface area (Å²) < 4.78 is 6.62. The van der Waals surface area contributed by atoms with E-state index in [1.54, 1.807) is 0 Å². The molecule has 2 heterocycles. The molecule has 30 heavy (non-hydrogen) atoms. The Balaban J connectivity index is 1.77. The molecular weight excluding hydrogens is 366 g/mol. The van der Waals surface area contributed by atoms with Gasteiger partial charge in [0, 0.05) is 22.1 Å². The monoisotopic (exact) mass is 385 g/mol. The minimum Gasteiger partial charge on any atom is -0.480 e. The number of para-hydroxylation sites is 2. The molecule has 0 fully saturated rings. The molecule has 0 aliphatic carbocycles. The van der Waals surface area contributed by atoms with Crippen molar-refractivity contribution in [2.45, 2.75) is 6.10 Å². The molecule has 0 N–H and O–H groups in total. The smallest absolute Gasteiger partial charge is 0.152 e. The van der Waals surface area contributed by atoms with Gasteiger partial charge in [0.15, 0.2) is 6.10 Å². The summed E-state index contributed by atoms with van der Waals surface area (Å²) in [6.07, 6.45) is -0.219. The van der Waals surface area contributed by atoms with Crippen molar-refractivity contribution >= 4 is 10.9 Å². The fourth-order valence-corrected chi connectivity index (χ4v) is 4.42. The summed E-state index contributed by atoms with van der Waals surface area (Å²) in [5, 5.41) is 1.14. The van der Waals surface area contributed by atoms with Gasteiger partial charge in [-0.25, -0.2) is 4.98 Å². The number of fused-ring (bicyclic) bond motifs is 4. The molecule has 0 bridgehead atoms. The molecule has 2 heteroatoms. The van der Waals surface area contributed by atoms with Crippen LogP contribution < -0.4 is 4.74 Å². The standard InChI is InChI=1S/C28H19NO/c1-3-11-19(12-4-1)25-21-15-7-9-17-23(21)29-27-22-16-8-10-18-24(22)30-28(26(25)27)20-13-5-2-6-14-20/h1-18,28H/t28-/m1/s1. The second kappa shape index (κ2) is 6.85. The summed E-state index contributed by atoms with van der Waals surface area (Å²) in [5.74, 6) is 0.876. The van der Waals surface area contributed by atoms with E-state index in [-0.39, 0.29) is 6.10 Å². The van der Waals surface area contributed by atoms with Crippen molar-refractivity contribution < 1.29 is 4.74 Å². The van der Waals surface area contributed by atoms with Crippen LogP contribution in [0.2, 0.25) is 0 Å². The van der Waals surface area contributed by atoms with Crippen LogP contribution in [0.25, 0.3) is 33.3 Å². The highest BCUT2D eigenvalue weighted by Crippen LogP contribution is 2.49. The Hall–Kier alpha value is -3.91. The SMILES string of the molecule is c1ccc(-c2c3c(nc4ccccc24)-c2ccccc2O[C@@H]3c2ccccc2)cc1. The van der Waals surface area contributed by atoms with Gasteiger partial charge in [-0.1, -0.05) is 91.0 Å². The third kappa shape index (κ3) is 2.61. The molecule has 0 saturated heterocycles. The number of aromatic nitrogens is 1. The van der Waals surface area contributed by atoms with E-state index in [0.717, 1.165) is 39.0 Å². The summed E-state index contributed by atoms with van der Waals surface area (Å²) in [5.41, 5.74) is 7.67. The first-order chi connectivity index (χ1) is 14.9. The lowest BCUT2D eigenvalue weighted by molar-refractivity contribution is 0.243. The van der Waals surface area contributed by atoms with Gasteiger partial charge >= 0.3 is 0 Å². The van der Waals surface area contributed by atoms with Crippen LogP contribution in [0, 0.1) is 0 Å². The number of pyridine rings is 1. The van der Waals surface area contributed by atoms with Gasteiger partial charge in [0.25, 0.3) is 0 Å². The molecule has 0 spiro atoms. The van der Waals surface area contributed by atoms with Gasteiger partial charge in [-0.3, -0.25) is 0 Å². The van der Waals surface area contributed by atoms with Crippen molar-refractivity contribution in [1.29, 1.82) is 0 Å². The van der Waals surface area contributed by atoms with Crippen molar-refractivity contribution in [3.8, 4) is 28.1 Å². The molecule has 1 aliphatic rings. The maximum Gasteiger partial charge on any atom is 0.152 e. The van der Waals surface area contributed by atoms with Crippen LogP contribution in [0.5, 0.6) is 5.75 Å². The number of nitrogens with zero attached hydrogens (tertiary/aromatic N) is 1. The zero-order valence-corrected chi connectivity index (χ0v) is 16.3. The molecule has 0 saturated carbocycles. The van der Waals surface area contributed by atoms with Crippen molar-refractivity contribution in [2.24, 2.45) is 0 Å². The first-order valence-corrected chi connectivity index (χ1v) is 10.2.